The summed E-state index contributed by atoms with van der Waals surface area (Å²) in [5.41, 5.74) is 5.89. The zero-order chi connectivity index (χ0) is 14.8. The molecule has 0 aliphatic carbocycles. The molecular weight excluding hydrogens is 314 g/mol. The minimum Gasteiger partial charge on any atom is -0.383 e. The number of nitrogens with two attached hydrogens (primary N) is 1. The molecule has 4 N–H and O–H groups in total. The quantitative estimate of drug-likeness (QED) is 0.447. The van der Waals surface area contributed by atoms with Crippen molar-refractivity contribution in [3.63, 3.8) is 0 Å². The van der Waals surface area contributed by atoms with Crippen molar-refractivity contribution in [1.29, 1.82) is 5.41 Å². The average Bonchev–Trinajstić information content (AvgIpc) is 2.82. The van der Waals surface area contributed by atoms with Gasteiger partial charge in [0.1, 0.15) is 5.84 Å². The van der Waals surface area contributed by atoms with Crippen LogP contribution in [-0.2, 0) is 10.0 Å². The standard InChI is InChI=1S/C12H13N3O2S3/c1-18-12-9(7-10(19-12)11(13)14)15-20(16,17)8-5-3-2-4-6-8/h2-7,15H,1H3,(H3,13,14). The molecule has 1 heterocycles. The SMILES string of the molecule is CSc1sc(C(=N)N)cc1NS(=O)(=O)c1ccccc1. The molecule has 2 rings (SSSR count). The first-order chi connectivity index (χ1) is 9.44. The van der Waals surface area contributed by atoms with E-state index in [0.29, 0.717) is 10.6 Å². The fourth-order valence-corrected chi connectivity index (χ4v) is 4.39. The van der Waals surface area contributed by atoms with Crippen molar-refractivity contribution in [3.8, 4) is 0 Å². The van der Waals surface area contributed by atoms with Crippen LogP contribution in [0, 0.1) is 5.41 Å². The number of amidine groups is 1. The summed E-state index contributed by atoms with van der Waals surface area (Å²) in [4.78, 5) is 0.739. The maximum atomic E-state index is 12.2. The summed E-state index contributed by atoms with van der Waals surface area (Å²) in [7, 11) is -3.63. The molecule has 0 bridgehead atoms. The summed E-state index contributed by atoms with van der Waals surface area (Å²) in [6.07, 6.45) is 1.84. The lowest BCUT2D eigenvalue weighted by atomic mass is 10.4. The molecule has 106 valence electrons. The topological polar surface area (TPSA) is 96.0 Å². The maximum absolute atomic E-state index is 12.2. The minimum atomic E-state index is -3.63. The largest absolute Gasteiger partial charge is 0.383 e. The van der Waals surface area contributed by atoms with E-state index in [0.717, 1.165) is 4.21 Å². The number of nitrogens with one attached hydrogen (secondary N) is 2. The van der Waals surface area contributed by atoms with Crippen molar-refractivity contribution in [2.75, 3.05) is 11.0 Å². The van der Waals surface area contributed by atoms with Crippen LogP contribution in [0.2, 0.25) is 0 Å². The predicted octanol–water partition coefficient (Wildman–Crippen LogP) is 2.55. The van der Waals surface area contributed by atoms with Gasteiger partial charge in [-0.1, -0.05) is 18.2 Å². The highest BCUT2D eigenvalue weighted by molar-refractivity contribution is 8.00. The molecular formula is C12H13N3O2S3. The molecule has 2 aromatic rings. The number of thiophene rings is 1. The molecule has 0 saturated heterocycles. The van der Waals surface area contributed by atoms with E-state index in [1.54, 1.807) is 24.3 Å². The number of nitrogen functional groups attached to an aromatic ring is 1. The van der Waals surface area contributed by atoms with E-state index in [2.05, 4.69) is 4.72 Å². The van der Waals surface area contributed by atoms with E-state index in [1.165, 1.54) is 35.2 Å². The van der Waals surface area contributed by atoms with Crippen molar-refractivity contribution in [1.82, 2.24) is 0 Å². The summed E-state index contributed by atoms with van der Waals surface area (Å²) in [6, 6.07) is 9.72. The molecule has 1 aromatic carbocycles. The van der Waals surface area contributed by atoms with E-state index in [9.17, 15) is 8.42 Å². The van der Waals surface area contributed by atoms with Crippen molar-refractivity contribution in [2.45, 2.75) is 9.10 Å². The van der Waals surface area contributed by atoms with Crippen LogP contribution in [-0.4, -0.2) is 20.5 Å². The van der Waals surface area contributed by atoms with Crippen LogP contribution in [0.15, 0.2) is 45.5 Å². The van der Waals surface area contributed by atoms with E-state index < -0.39 is 10.0 Å². The Balaban J connectivity index is 2.37. The van der Waals surface area contributed by atoms with Crippen LogP contribution in [0.4, 0.5) is 5.69 Å². The highest BCUT2D eigenvalue weighted by atomic mass is 32.2. The van der Waals surface area contributed by atoms with Crippen molar-refractivity contribution in [3.05, 3.63) is 41.3 Å². The molecule has 0 atom stereocenters. The van der Waals surface area contributed by atoms with Gasteiger partial charge < -0.3 is 5.73 Å². The molecule has 1 aromatic heterocycles. The first kappa shape index (κ1) is 14.9. The Morgan fingerprint density at radius 1 is 1.35 bits per heavy atom. The zero-order valence-corrected chi connectivity index (χ0v) is 13.0. The van der Waals surface area contributed by atoms with Crippen molar-refractivity contribution < 1.29 is 8.42 Å². The van der Waals surface area contributed by atoms with Gasteiger partial charge in [-0.2, -0.15) is 0 Å². The lowest BCUT2D eigenvalue weighted by molar-refractivity contribution is 0.601. The smallest absolute Gasteiger partial charge is 0.261 e. The van der Waals surface area contributed by atoms with Crippen molar-refractivity contribution in [2.24, 2.45) is 5.73 Å². The van der Waals surface area contributed by atoms with Crippen LogP contribution < -0.4 is 10.5 Å². The second kappa shape index (κ2) is 5.86. The van der Waals surface area contributed by atoms with Crippen LogP contribution >= 0.6 is 23.1 Å². The number of thioether (sulfide) groups is 1. The van der Waals surface area contributed by atoms with Crippen molar-refractivity contribution >= 4 is 44.6 Å². The average molecular weight is 327 g/mol. The summed E-state index contributed by atoms with van der Waals surface area (Å²) in [5, 5.41) is 7.42. The van der Waals surface area contributed by atoms with Gasteiger partial charge in [0.15, 0.2) is 0 Å². The fourth-order valence-electron chi connectivity index (χ4n) is 1.53. The molecule has 0 aliphatic rings. The Labute approximate surface area is 125 Å². The molecule has 0 aliphatic heterocycles. The van der Waals surface area contributed by atoms with Gasteiger partial charge >= 0.3 is 0 Å². The molecule has 0 saturated carbocycles. The third-order valence-corrected chi connectivity index (χ3v) is 6.13. The Morgan fingerprint density at radius 3 is 2.55 bits per heavy atom. The fraction of sp³-hybridized carbons (Fsp3) is 0.0833. The predicted molar refractivity (Wildman–Crippen MR) is 84.4 cm³/mol. The van der Waals surface area contributed by atoms with E-state index in [-0.39, 0.29) is 10.7 Å². The van der Waals surface area contributed by atoms with Gasteiger partial charge in [-0.25, -0.2) is 8.42 Å². The van der Waals surface area contributed by atoms with Gasteiger partial charge in [0.05, 0.1) is 19.7 Å². The van der Waals surface area contributed by atoms with Gasteiger partial charge in [0.25, 0.3) is 10.0 Å². The molecule has 0 radical (unpaired) electrons. The summed E-state index contributed by atoms with van der Waals surface area (Å²) >= 11 is 2.70. The monoisotopic (exact) mass is 327 g/mol. The van der Waals surface area contributed by atoms with Gasteiger partial charge in [0, 0.05) is 0 Å². The first-order valence-electron chi connectivity index (χ1n) is 5.54. The van der Waals surface area contributed by atoms with Gasteiger partial charge in [0.2, 0.25) is 0 Å². The number of benzene rings is 1. The maximum Gasteiger partial charge on any atom is 0.261 e. The lowest BCUT2D eigenvalue weighted by Crippen LogP contribution is -2.13. The number of anilines is 1. The van der Waals surface area contributed by atoms with Crippen LogP contribution in [0.25, 0.3) is 0 Å². The Kier molecular flexibility index (Phi) is 4.36. The summed E-state index contributed by atoms with van der Waals surface area (Å²) < 4.78 is 27.8. The third-order valence-electron chi connectivity index (χ3n) is 2.45. The second-order valence-corrected chi connectivity index (χ2v) is 7.66. The van der Waals surface area contributed by atoms with Crippen LogP contribution in [0.3, 0.4) is 0 Å². The molecule has 0 amide bonds. The molecule has 20 heavy (non-hydrogen) atoms. The number of sulfonamides is 1. The number of hydrogen-bond donors (Lipinski definition) is 3. The van der Waals surface area contributed by atoms with E-state index in [1.807, 2.05) is 6.26 Å². The van der Waals surface area contributed by atoms with Crippen LogP contribution in [0.1, 0.15) is 4.88 Å². The van der Waals surface area contributed by atoms with E-state index >= 15 is 0 Å². The lowest BCUT2D eigenvalue weighted by Gasteiger charge is -2.07. The summed E-state index contributed by atoms with van der Waals surface area (Å²) in [5.74, 6) is -0.0736. The number of rotatable bonds is 5. The first-order valence-corrected chi connectivity index (χ1v) is 9.06. The number of hydrogen-bond acceptors (Lipinski definition) is 5. The molecule has 5 nitrogen and oxygen atoms in total. The molecule has 0 unspecified atom stereocenters. The minimum absolute atomic E-state index is 0.0736. The van der Waals surface area contributed by atoms with Gasteiger partial charge in [-0.15, -0.1) is 23.1 Å². The highest BCUT2D eigenvalue weighted by Crippen LogP contribution is 2.35. The third kappa shape index (κ3) is 3.14. The molecule has 0 spiro atoms. The Bertz CT molecular complexity index is 724. The van der Waals surface area contributed by atoms with E-state index in [4.69, 9.17) is 11.1 Å². The van der Waals surface area contributed by atoms with Gasteiger partial charge in [-0.3, -0.25) is 10.1 Å². The molecule has 8 heteroatoms. The molecule has 0 fully saturated rings. The second-order valence-electron chi connectivity index (χ2n) is 3.85. The zero-order valence-electron chi connectivity index (χ0n) is 10.6. The Hall–Kier alpha value is -1.51. The highest BCUT2D eigenvalue weighted by Gasteiger charge is 2.18. The normalized spacial score (nSPS) is 11.2. The summed E-state index contributed by atoms with van der Waals surface area (Å²) in [6.45, 7) is 0. The van der Waals surface area contributed by atoms with Gasteiger partial charge in [-0.05, 0) is 24.5 Å². The van der Waals surface area contributed by atoms with Crippen LogP contribution in [0.5, 0.6) is 0 Å². The Morgan fingerprint density at radius 2 is 2.00 bits per heavy atom.